The van der Waals surface area contributed by atoms with Gasteiger partial charge in [0.15, 0.2) is 0 Å². The number of hydrogen-bond donors (Lipinski definition) is 0. The standard InChI is InChI=1S/C11H12N2O2.C2H6/c1-7-12-10-5-4-8(15-3)6-9(10)11(14)13(7)2;1-2/h4-6H,1-3H3;1-2H3. The Hall–Kier alpha value is -1.84. The Morgan fingerprint density at radius 2 is 1.94 bits per heavy atom. The van der Waals surface area contributed by atoms with Gasteiger partial charge in [-0.15, -0.1) is 0 Å². The molecule has 1 aromatic carbocycles. The third-order valence-corrected chi connectivity index (χ3v) is 2.51. The molecule has 0 saturated carbocycles. The van der Waals surface area contributed by atoms with Gasteiger partial charge in [-0.05, 0) is 25.1 Å². The van der Waals surface area contributed by atoms with Crippen LogP contribution in [0.3, 0.4) is 0 Å². The highest BCUT2D eigenvalue weighted by molar-refractivity contribution is 5.79. The van der Waals surface area contributed by atoms with Crippen LogP contribution in [0.15, 0.2) is 23.0 Å². The lowest BCUT2D eigenvalue weighted by Gasteiger charge is -2.06. The molecule has 0 N–H and O–H groups in total. The molecule has 0 spiro atoms. The quantitative estimate of drug-likeness (QED) is 0.760. The minimum atomic E-state index is -0.0450. The third-order valence-electron chi connectivity index (χ3n) is 2.51. The number of aromatic nitrogens is 2. The molecule has 0 radical (unpaired) electrons. The predicted molar refractivity (Wildman–Crippen MR) is 69.6 cm³/mol. The summed E-state index contributed by atoms with van der Waals surface area (Å²) in [6, 6.07) is 5.31. The van der Waals surface area contributed by atoms with Gasteiger partial charge in [-0.2, -0.15) is 0 Å². The zero-order valence-electron chi connectivity index (χ0n) is 10.9. The number of aryl methyl sites for hydroxylation is 1. The first-order valence-electron chi connectivity index (χ1n) is 5.65. The van der Waals surface area contributed by atoms with Gasteiger partial charge >= 0.3 is 0 Å². The van der Waals surface area contributed by atoms with E-state index in [1.54, 1.807) is 32.4 Å². The van der Waals surface area contributed by atoms with E-state index in [0.29, 0.717) is 22.5 Å². The minimum absolute atomic E-state index is 0.0450. The monoisotopic (exact) mass is 234 g/mol. The molecule has 17 heavy (non-hydrogen) atoms. The summed E-state index contributed by atoms with van der Waals surface area (Å²) in [5.74, 6) is 1.38. The van der Waals surface area contributed by atoms with E-state index in [4.69, 9.17) is 4.74 Å². The van der Waals surface area contributed by atoms with Crippen molar-refractivity contribution < 1.29 is 4.74 Å². The molecule has 0 unspecified atom stereocenters. The number of ether oxygens (including phenoxy) is 1. The molecule has 0 aliphatic rings. The summed E-state index contributed by atoms with van der Waals surface area (Å²) in [7, 11) is 3.29. The fraction of sp³-hybridized carbons (Fsp3) is 0.385. The molecule has 1 aromatic heterocycles. The topological polar surface area (TPSA) is 44.1 Å². The van der Waals surface area contributed by atoms with Crippen molar-refractivity contribution in [1.29, 1.82) is 0 Å². The lowest BCUT2D eigenvalue weighted by molar-refractivity contribution is 0.415. The first-order chi connectivity index (χ1) is 8.13. The van der Waals surface area contributed by atoms with E-state index in [9.17, 15) is 4.79 Å². The zero-order valence-corrected chi connectivity index (χ0v) is 10.9. The molecule has 4 heteroatoms. The number of hydrogen-bond acceptors (Lipinski definition) is 3. The molecule has 0 saturated heterocycles. The number of nitrogens with zero attached hydrogens (tertiary/aromatic N) is 2. The normalized spacial score (nSPS) is 9.71. The van der Waals surface area contributed by atoms with Gasteiger partial charge in [0.05, 0.1) is 18.0 Å². The number of methoxy groups -OCH3 is 1. The van der Waals surface area contributed by atoms with E-state index >= 15 is 0 Å². The van der Waals surface area contributed by atoms with Crippen LogP contribution in [-0.2, 0) is 7.05 Å². The summed E-state index contributed by atoms with van der Waals surface area (Å²) in [5.41, 5.74) is 0.660. The second kappa shape index (κ2) is 5.48. The van der Waals surface area contributed by atoms with E-state index in [1.165, 1.54) is 4.57 Å². The molecular formula is C13H18N2O2. The van der Waals surface area contributed by atoms with E-state index in [2.05, 4.69) is 4.98 Å². The minimum Gasteiger partial charge on any atom is -0.497 e. The maximum atomic E-state index is 11.9. The first kappa shape index (κ1) is 13.2. The third kappa shape index (κ3) is 2.46. The average molecular weight is 234 g/mol. The summed E-state index contributed by atoms with van der Waals surface area (Å²) in [6.07, 6.45) is 0. The van der Waals surface area contributed by atoms with Crippen LogP contribution in [0.4, 0.5) is 0 Å². The van der Waals surface area contributed by atoms with Crippen molar-refractivity contribution in [1.82, 2.24) is 9.55 Å². The molecule has 0 aliphatic carbocycles. The Kier molecular flexibility index (Phi) is 4.26. The molecule has 0 fully saturated rings. The Bertz CT molecular complexity index is 573. The van der Waals surface area contributed by atoms with Gasteiger partial charge in [0.1, 0.15) is 11.6 Å². The van der Waals surface area contributed by atoms with Crippen LogP contribution in [0.25, 0.3) is 10.9 Å². The van der Waals surface area contributed by atoms with Gasteiger partial charge in [-0.3, -0.25) is 9.36 Å². The number of fused-ring (bicyclic) bond motifs is 1. The van der Waals surface area contributed by atoms with Crippen LogP contribution in [0.1, 0.15) is 19.7 Å². The Morgan fingerprint density at radius 3 is 2.53 bits per heavy atom. The van der Waals surface area contributed by atoms with E-state index in [-0.39, 0.29) is 5.56 Å². The average Bonchev–Trinajstić information content (AvgIpc) is 2.38. The van der Waals surface area contributed by atoms with Crippen molar-refractivity contribution in [2.45, 2.75) is 20.8 Å². The first-order valence-corrected chi connectivity index (χ1v) is 5.65. The molecule has 2 rings (SSSR count). The lowest BCUT2D eigenvalue weighted by atomic mass is 10.2. The predicted octanol–water partition coefficient (Wildman–Crippen LogP) is 2.28. The summed E-state index contributed by atoms with van der Waals surface area (Å²) in [5, 5.41) is 0.586. The van der Waals surface area contributed by atoms with E-state index in [1.807, 2.05) is 20.8 Å². The van der Waals surface area contributed by atoms with Crippen molar-refractivity contribution in [2.75, 3.05) is 7.11 Å². The SMILES string of the molecule is CC.COc1ccc2nc(C)n(C)c(=O)c2c1. The highest BCUT2D eigenvalue weighted by Gasteiger charge is 2.05. The van der Waals surface area contributed by atoms with Gasteiger partial charge in [-0.1, -0.05) is 13.8 Å². The highest BCUT2D eigenvalue weighted by atomic mass is 16.5. The molecule has 0 atom stereocenters. The van der Waals surface area contributed by atoms with Crippen LogP contribution in [0.2, 0.25) is 0 Å². The molecule has 92 valence electrons. The summed E-state index contributed by atoms with van der Waals surface area (Å²) in [4.78, 5) is 16.2. The maximum Gasteiger partial charge on any atom is 0.261 e. The molecule has 0 bridgehead atoms. The van der Waals surface area contributed by atoms with Crippen LogP contribution < -0.4 is 10.3 Å². The van der Waals surface area contributed by atoms with Crippen LogP contribution in [0.5, 0.6) is 5.75 Å². The molecule has 0 aliphatic heterocycles. The van der Waals surface area contributed by atoms with Crippen LogP contribution in [0, 0.1) is 6.92 Å². The Labute approximate surface area is 101 Å². The van der Waals surface area contributed by atoms with Gasteiger partial charge < -0.3 is 4.74 Å². The Balaban J connectivity index is 0.000000686. The van der Waals surface area contributed by atoms with E-state index < -0.39 is 0 Å². The zero-order chi connectivity index (χ0) is 13.0. The fourth-order valence-electron chi connectivity index (χ4n) is 1.49. The van der Waals surface area contributed by atoms with Gasteiger partial charge in [-0.25, -0.2) is 4.98 Å². The van der Waals surface area contributed by atoms with Gasteiger partial charge in [0.2, 0.25) is 0 Å². The molecule has 0 amide bonds. The molecule has 4 nitrogen and oxygen atoms in total. The van der Waals surface area contributed by atoms with Crippen LogP contribution >= 0.6 is 0 Å². The molecular weight excluding hydrogens is 216 g/mol. The van der Waals surface area contributed by atoms with Crippen molar-refractivity contribution in [3.8, 4) is 5.75 Å². The van der Waals surface area contributed by atoms with E-state index in [0.717, 1.165) is 0 Å². The Morgan fingerprint density at radius 1 is 1.29 bits per heavy atom. The van der Waals surface area contributed by atoms with Gasteiger partial charge in [0.25, 0.3) is 5.56 Å². The summed E-state index contributed by atoms with van der Waals surface area (Å²) >= 11 is 0. The second-order valence-corrected chi connectivity index (χ2v) is 3.41. The summed E-state index contributed by atoms with van der Waals surface area (Å²) < 4.78 is 6.60. The molecule has 1 heterocycles. The van der Waals surface area contributed by atoms with Crippen molar-refractivity contribution in [3.05, 3.63) is 34.4 Å². The maximum absolute atomic E-state index is 11.9. The second-order valence-electron chi connectivity index (χ2n) is 3.41. The lowest BCUT2D eigenvalue weighted by Crippen LogP contribution is -2.20. The fourth-order valence-corrected chi connectivity index (χ4v) is 1.49. The van der Waals surface area contributed by atoms with Crippen molar-refractivity contribution in [2.24, 2.45) is 7.05 Å². The highest BCUT2D eigenvalue weighted by Crippen LogP contribution is 2.16. The largest absolute Gasteiger partial charge is 0.497 e. The smallest absolute Gasteiger partial charge is 0.261 e. The van der Waals surface area contributed by atoms with Crippen molar-refractivity contribution in [3.63, 3.8) is 0 Å². The van der Waals surface area contributed by atoms with Crippen LogP contribution in [-0.4, -0.2) is 16.7 Å². The van der Waals surface area contributed by atoms with Crippen molar-refractivity contribution >= 4 is 10.9 Å². The molecule has 2 aromatic rings. The number of benzene rings is 1. The van der Waals surface area contributed by atoms with Gasteiger partial charge in [0, 0.05) is 7.05 Å². The summed E-state index contributed by atoms with van der Waals surface area (Å²) in [6.45, 7) is 5.81. The number of rotatable bonds is 1.